The fourth-order valence-electron chi connectivity index (χ4n) is 5.36. The van der Waals surface area contributed by atoms with Gasteiger partial charge in [-0.15, -0.1) is 0 Å². The van der Waals surface area contributed by atoms with Gasteiger partial charge in [0.1, 0.15) is 43.7 Å². The highest BCUT2D eigenvalue weighted by atomic mass is 16.7. The van der Waals surface area contributed by atoms with Crippen LogP contribution < -0.4 is 4.74 Å². The standard InChI is InChI=1S/C31H40O18/c1-13(32)41-11-22-26(43-15(3)34)28(24(39)25(47-22)19-8-9-21(40-7)20(38)10-19)49-31-30(46-18(6)37)29(45-17(5)36)27(44-16(4)35)23(48-31)12-42-14(2)33/h8-10,22-31,38-39H,11-12H2,1-7H3/t22-,23-,24-,25-,26-,27-,28-,29+,30+,31-/m1/s1. The lowest BCUT2D eigenvalue weighted by Gasteiger charge is -2.48. The van der Waals surface area contributed by atoms with Crippen LogP contribution in [0.15, 0.2) is 18.2 Å². The van der Waals surface area contributed by atoms with Gasteiger partial charge in [-0.1, -0.05) is 6.07 Å². The molecular formula is C31H40O18. The van der Waals surface area contributed by atoms with Crippen LogP contribution in [0.2, 0.25) is 0 Å². The van der Waals surface area contributed by atoms with Gasteiger partial charge < -0.3 is 57.6 Å². The van der Waals surface area contributed by atoms with Gasteiger partial charge in [-0.05, 0) is 17.7 Å². The molecule has 0 bridgehead atoms. The number of aliphatic hydroxyl groups is 1. The summed E-state index contributed by atoms with van der Waals surface area (Å²) in [6.45, 7) is 5.35. The molecule has 2 aliphatic rings. The number of carbonyl (C=O) groups excluding carboxylic acids is 6. The van der Waals surface area contributed by atoms with Gasteiger partial charge in [0.05, 0.1) is 7.11 Å². The van der Waals surface area contributed by atoms with E-state index in [1.165, 1.54) is 25.3 Å². The van der Waals surface area contributed by atoms with Crippen molar-refractivity contribution in [2.24, 2.45) is 0 Å². The number of hydrogen-bond acceptors (Lipinski definition) is 18. The molecule has 2 heterocycles. The van der Waals surface area contributed by atoms with E-state index in [9.17, 15) is 39.0 Å². The number of rotatable bonds is 12. The Bertz CT molecular complexity index is 1380. The van der Waals surface area contributed by atoms with E-state index in [2.05, 4.69) is 0 Å². The molecule has 0 spiro atoms. The van der Waals surface area contributed by atoms with Gasteiger partial charge in [-0.25, -0.2) is 0 Å². The Morgan fingerprint density at radius 2 is 1.12 bits per heavy atom. The molecule has 0 aliphatic carbocycles. The van der Waals surface area contributed by atoms with Crippen molar-refractivity contribution in [1.82, 2.24) is 0 Å². The third kappa shape index (κ3) is 10.5. The van der Waals surface area contributed by atoms with E-state index in [1.807, 2.05) is 0 Å². The van der Waals surface area contributed by atoms with Crippen molar-refractivity contribution in [2.75, 3.05) is 20.3 Å². The fraction of sp³-hybridized carbons (Fsp3) is 0.613. The van der Waals surface area contributed by atoms with Gasteiger partial charge in [-0.2, -0.15) is 0 Å². The van der Waals surface area contributed by atoms with E-state index >= 15 is 0 Å². The van der Waals surface area contributed by atoms with Crippen molar-refractivity contribution in [1.29, 1.82) is 0 Å². The Labute approximate surface area is 280 Å². The van der Waals surface area contributed by atoms with E-state index in [0.29, 0.717) is 0 Å². The van der Waals surface area contributed by atoms with Crippen LogP contribution in [0.1, 0.15) is 53.2 Å². The summed E-state index contributed by atoms with van der Waals surface area (Å²) in [4.78, 5) is 72.5. The summed E-state index contributed by atoms with van der Waals surface area (Å²) in [5, 5.41) is 22.2. The number of benzene rings is 1. The molecule has 0 saturated carbocycles. The summed E-state index contributed by atoms with van der Waals surface area (Å²) in [7, 11) is 1.33. The van der Waals surface area contributed by atoms with Crippen LogP contribution in [0.4, 0.5) is 0 Å². The predicted molar refractivity (Wildman–Crippen MR) is 157 cm³/mol. The van der Waals surface area contributed by atoms with E-state index in [0.717, 1.165) is 41.5 Å². The molecule has 272 valence electrons. The van der Waals surface area contributed by atoms with E-state index < -0.39 is 110 Å². The minimum Gasteiger partial charge on any atom is -0.504 e. The van der Waals surface area contributed by atoms with Crippen LogP contribution in [0.25, 0.3) is 0 Å². The first-order chi connectivity index (χ1) is 23.0. The smallest absolute Gasteiger partial charge is 0.303 e. The van der Waals surface area contributed by atoms with Crippen molar-refractivity contribution >= 4 is 35.8 Å². The van der Waals surface area contributed by atoms with Crippen molar-refractivity contribution in [3.63, 3.8) is 0 Å². The molecule has 0 amide bonds. The zero-order chi connectivity index (χ0) is 36.6. The number of ether oxygens (including phenoxy) is 10. The van der Waals surface area contributed by atoms with Crippen molar-refractivity contribution < 1.29 is 86.3 Å². The number of phenolic OH excluding ortho intramolecular Hbond substituents is 1. The lowest BCUT2D eigenvalue weighted by atomic mass is 9.90. The molecule has 2 N–H and O–H groups in total. The van der Waals surface area contributed by atoms with Crippen LogP contribution in [0.5, 0.6) is 11.5 Å². The third-order valence-corrected chi connectivity index (χ3v) is 7.18. The second-order valence-electron chi connectivity index (χ2n) is 11.1. The molecule has 10 atom stereocenters. The van der Waals surface area contributed by atoms with Gasteiger partial charge in [0, 0.05) is 41.5 Å². The van der Waals surface area contributed by atoms with Gasteiger partial charge >= 0.3 is 35.8 Å². The molecule has 49 heavy (non-hydrogen) atoms. The van der Waals surface area contributed by atoms with Crippen LogP contribution in [0.3, 0.4) is 0 Å². The Hall–Kier alpha value is -4.52. The molecular weight excluding hydrogens is 660 g/mol. The lowest BCUT2D eigenvalue weighted by Crippen LogP contribution is -2.66. The van der Waals surface area contributed by atoms with Crippen LogP contribution in [0, 0.1) is 0 Å². The molecule has 2 saturated heterocycles. The zero-order valence-electron chi connectivity index (χ0n) is 27.8. The average Bonchev–Trinajstić information content (AvgIpc) is 2.99. The van der Waals surface area contributed by atoms with E-state index in [-0.39, 0.29) is 17.1 Å². The number of methoxy groups -OCH3 is 1. The molecule has 0 radical (unpaired) electrons. The Kier molecular flexibility index (Phi) is 13.7. The second kappa shape index (κ2) is 17.2. The maximum Gasteiger partial charge on any atom is 0.303 e. The molecule has 0 unspecified atom stereocenters. The van der Waals surface area contributed by atoms with E-state index in [1.54, 1.807) is 0 Å². The minimum absolute atomic E-state index is 0.105. The fourth-order valence-corrected chi connectivity index (χ4v) is 5.36. The topological polar surface area (TPSA) is 235 Å². The van der Waals surface area contributed by atoms with Crippen LogP contribution in [-0.2, 0) is 71.4 Å². The molecule has 1 aromatic carbocycles. The third-order valence-electron chi connectivity index (χ3n) is 7.18. The molecule has 1 aromatic rings. The summed E-state index contributed by atoms with van der Waals surface area (Å²) < 4.78 is 55.4. The van der Waals surface area contributed by atoms with Crippen molar-refractivity contribution in [3.8, 4) is 11.5 Å². The molecule has 0 aromatic heterocycles. The highest BCUT2D eigenvalue weighted by molar-refractivity contribution is 5.69. The zero-order valence-corrected chi connectivity index (χ0v) is 27.8. The van der Waals surface area contributed by atoms with Crippen LogP contribution >= 0.6 is 0 Å². The summed E-state index contributed by atoms with van der Waals surface area (Å²) in [5.41, 5.74) is 0.190. The van der Waals surface area contributed by atoms with Gasteiger partial charge in [-0.3, -0.25) is 28.8 Å². The van der Waals surface area contributed by atoms with Gasteiger partial charge in [0.25, 0.3) is 0 Å². The molecule has 18 nitrogen and oxygen atoms in total. The SMILES string of the molecule is COc1ccc([C@H]2O[C@H](COC(C)=O)[C@@H](OC(C)=O)[C@H](O[C@H]3O[C@H](COC(C)=O)[C@@H](OC(C)=O)[C@H](OC(C)=O)[C@@H]3OC(C)=O)[C@@H]2O)cc1O. The maximum atomic E-state index is 12.3. The molecule has 2 aliphatic heterocycles. The molecule has 2 fully saturated rings. The van der Waals surface area contributed by atoms with Crippen molar-refractivity contribution in [2.45, 2.75) is 103 Å². The first kappa shape index (κ1) is 38.9. The number of hydrogen-bond donors (Lipinski definition) is 2. The molecule has 3 rings (SSSR count). The quantitative estimate of drug-likeness (QED) is 0.218. The number of phenols is 1. The normalized spacial score (nSPS) is 29.5. The Balaban J connectivity index is 2.16. The molecule has 18 heteroatoms. The minimum atomic E-state index is -1.80. The summed E-state index contributed by atoms with van der Waals surface area (Å²) in [6.07, 6.45) is -15.6. The van der Waals surface area contributed by atoms with Crippen LogP contribution in [-0.4, -0.2) is 121 Å². The lowest BCUT2D eigenvalue weighted by molar-refractivity contribution is -0.345. The Morgan fingerprint density at radius 3 is 1.59 bits per heavy atom. The first-order valence-electron chi connectivity index (χ1n) is 15.0. The first-order valence-corrected chi connectivity index (χ1v) is 15.0. The van der Waals surface area contributed by atoms with Gasteiger partial charge in [0.2, 0.25) is 0 Å². The summed E-state index contributed by atoms with van der Waals surface area (Å²) in [6, 6.07) is 4.11. The van der Waals surface area contributed by atoms with Gasteiger partial charge in [0.15, 0.2) is 42.2 Å². The Morgan fingerprint density at radius 1 is 0.653 bits per heavy atom. The van der Waals surface area contributed by atoms with Crippen molar-refractivity contribution in [3.05, 3.63) is 23.8 Å². The number of carbonyl (C=O) groups is 6. The monoisotopic (exact) mass is 700 g/mol. The number of aromatic hydroxyl groups is 1. The maximum absolute atomic E-state index is 12.3. The largest absolute Gasteiger partial charge is 0.504 e. The summed E-state index contributed by atoms with van der Waals surface area (Å²) >= 11 is 0. The highest BCUT2D eigenvalue weighted by Crippen LogP contribution is 2.40. The summed E-state index contributed by atoms with van der Waals surface area (Å²) in [5.74, 6) is -5.19. The second-order valence-corrected chi connectivity index (χ2v) is 11.1. The van der Waals surface area contributed by atoms with E-state index in [4.69, 9.17) is 47.4 Å². The number of aliphatic hydroxyl groups excluding tert-OH is 1. The average molecular weight is 701 g/mol. The predicted octanol–water partition coefficient (Wildman–Crippen LogP) is 0.165. The highest BCUT2D eigenvalue weighted by Gasteiger charge is 2.56. The number of esters is 6.